The number of pyridine rings is 1. The summed E-state index contributed by atoms with van der Waals surface area (Å²) in [5, 5.41) is 1.62. The van der Waals surface area contributed by atoms with Crippen LogP contribution in [0.15, 0.2) is 79.0 Å². The van der Waals surface area contributed by atoms with Crippen LogP contribution in [0, 0.1) is 0 Å². The molecule has 24 heavy (non-hydrogen) atoms. The lowest BCUT2D eigenvalue weighted by Crippen LogP contribution is -2.27. The van der Waals surface area contributed by atoms with E-state index in [-0.39, 0.29) is 5.41 Å². The Hall–Kier alpha value is -2.18. The van der Waals surface area contributed by atoms with Gasteiger partial charge in [0, 0.05) is 16.8 Å². The van der Waals surface area contributed by atoms with Crippen LogP contribution in [0.4, 0.5) is 0 Å². The van der Waals surface area contributed by atoms with Gasteiger partial charge in [0.15, 0.2) is 7.14 Å². The van der Waals surface area contributed by atoms with E-state index in [2.05, 4.69) is 25.8 Å². The third-order valence-electron chi connectivity index (χ3n) is 4.18. The molecule has 0 fully saturated rings. The van der Waals surface area contributed by atoms with E-state index in [0.717, 1.165) is 16.2 Å². The number of aromatic nitrogens is 1. The Morgan fingerprint density at radius 1 is 0.750 bits per heavy atom. The largest absolute Gasteiger partial charge is 0.307 e. The second-order valence-electron chi connectivity index (χ2n) is 6.94. The molecule has 0 aliphatic carbocycles. The van der Waals surface area contributed by atoms with Crippen molar-refractivity contribution in [3.05, 3.63) is 84.6 Å². The Kier molecular flexibility index (Phi) is 4.43. The van der Waals surface area contributed by atoms with Crippen LogP contribution in [-0.4, -0.2) is 4.98 Å². The molecule has 3 aromatic rings. The molecular formula is C21H22NOP. The maximum Gasteiger partial charge on any atom is 0.188 e. The molecule has 0 saturated heterocycles. The van der Waals surface area contributed by atoms with Crippen LogP contribution >= 0.6 is 7.14 Å². The minimum atomic E-state index is -2.96. The lowest BCUT2D eigenvalue weighted by atomic mass is 9.88. The minimum Gasteiger partial charge on any atom is -0.307 e. The molecule has 0 radical (unpaired) electrons. The zero-order chi connectivity index (χ0) is 17.2. The van der Waals surface area contributed by atoms with E-state index >= 15 is 0 Å². The van der Waals surface area contributed by atoms with Gasteiger partial charge in [-0.05, 0) is 17.0 Å². The fraction of sp³-hybridized carbons (Fsp3) is 0.190. The first kappa shape index (κ1) is 16.7. The fourth-order valence-corrected chi connectivity index (χ4v) is 5.22. The molecule has 0 aliphatic rings. The summed E-state index contributed by atoms with van der Waals surface area (Å²) in [6.07, 6.45) is 1.86. The lowest BCUT2D eigenvalue weighted by molar-refractivity contribution is 0.585. The average molecular weight is 335 g/mol. The third kappa shape index (κ3) is 3.07. The predicted octanol–water partition coefficient (Wildman–Crippen LogP) is 4.02. The molecule has 0 atom stereocenters. The van der Waals surface area contributed by atoms with Crippen LogP contribution in [0.3, 0.4) is 0 Å². The van der Waals surface area contributed by atoms with Gasteiger partial charge in [-0.2, -0.15) is 0 Å². The molecule has 3 heteroatoms. The third-order valence-corrected chi connectivity index (χ3v) is 7.14. The summed E-state index contributed by atoms with van der Waals surface area (Å²) < 4.78 is 14.1. The molecule has 0 unspecified atom stereocenters. The first-order chi connectivity index (χ1) is 11.4. The lowest BCUT2D eigenvalue weighted by Gasteiger charge is -2.22. The number of hydrogen-bond acceptors (Lipinski definition) is 2. The van der Waals surface area contributed by atoms with Crippen LogP contribution in [0.2, 0.25) is 0 Å². The first-order valence-electron chi connectivity index (χ1n) is 8.11. The SMILES string of the molecule is CC(C)(C)c1ccc(P(=O)(c2ccccc2)c2ccccc2)nc1. The number of nitrogens with zero attached hydrogens (tertiary/aromatic N) is 1. The van der Waals surface area contributed by atoms with Gasteiger partial charge >= 0.3 is 0 Å². The molecule has 0 bridgehead atoms. The standard InChI is InChI=1S/C21H22NOP/c1-21(2,3)17-14-15-20(22-16-17)24(23,18-10-6-4-7-11-18)19-12-8-5-9-13-19/h4-16H,1-3H3. The van der Waals surface area contributed by atoms with Crippen LogP contribution < -0.4 is 16.0 Å². The van der Waals surface area contributed by atoms with E-state index in [1.807, 2.05) is 79.0 Å². The van der Waals surface area contributed by atoms with Crippen LogP contribution in [0.25, 0.3) is 0 Å². The summed E-state index contributed by atoms with van der Waals surface area (Å²) in [7, 11) is -2.96. The molecule has 0 saturated carbocycles. The van der Waals surface area contributed by atoms with Crippen molar-refractivity contribution in [3.8, 4) is 0 Å². The first-order valence-corrected chi connectivity index (χ1v) is 9.81. The number of benzene rings is 2. The van der Waals surface area contributed by atoms with Gasteiger partial charge in [0.25, 0.3) is 0 Å². The molecule has 2 aromatic carbocycles. The van der Waals surface area contributed by atoms with Gasteiger partial charge < -0.3 is 4.57 Å². The number of rotatable bonds is 3. The summed E-state index contributed by atoms with van der Waals surface area (Å²) in [4.78, 5) is 4.61. The molecule has 0 spiro atoms. The summed E-state index contributed by atoms with van der Waals surface area (Å²) in [6, 6.07) is 23.2. The van der Waals surface area contributed by atoms with E-state index < -0.39 is 7.14 Å². The highest BCUT2D eigenvalue weighted by Gasteiger charge is 2.31. The molecule has 0 N–H and O–H groups in total. The highest BCUT2D eigenvalue weighted by atomic mass is 31.2. The Morgan fingerprint density at radius 2 is 1.25 bits per heavy atom. The van der Waals surface area contributed by atoms with Gasteiger partial charge in [0.2, 0.25) is 0 Å². The molecule has 1 aromatic heterocycles. The fourth-order valence-electron chi connectivity index (χ4n) is 2.71. The highest BCUT2D eigenvalue weighted by molar-refractivity contribution is 7.85. The highest BCUT2D eigenvalue weighted by Crippen LogP contribution is 2.41. The Morgan fingerprint density at radius 3 is 1.62 bits per heavy atom. The van der Waals surface area contributed by atoms with Crippen LogP contribution in [0.5, 0.6) is 0 Å². The van der Waals surface area contributed by atoms with Crippen molar-refractivity contribution in [2.45, 2.75) is 26.2 Å². The maximum absolute atomic E-state index is 14.1. The normalized spacial score (nSPS) is 12.1. The van der Waals surface area contributed by atoms with Crippen molar-refractivity contribution in [1.29, 1.82) is 0 Å². The summed E-state index contributed by atoms with van der Waals surface area (Å²) >= 11 is 0. The van der Waals surface area contributed by atoms with Gasteiger partial charge in [-0.3, -0.25) is 4.98 Å². The molecule has 0 aliphatic heterocycles. The van der Waals surface area contributed by atoms with Crippen molar-refractivity contribution in [2.75, 3.05) is 0 Å². The van der Waals surface area contributed by atoms with Crippen molar-refractivity contribution < 1.29 is 4.57 Å². The maximum atomic E-state index is 14.1. The van der Waals surface area contributed by atoms with Gasteiger partial charge in [0.05, 0.1) is 0 Å². The quantitative estimate of drug-likeness (QED) is 0.677. The van der Waals surface area contributed by atoms with E-state index in [0.29, 0.717) is 5.44 Å². The van der Waals surface area contributed by atoms with Gasteiger partial charge in [-0.25, -0.2) is 0 Å². The predicted molar refractivity (Wildman–Crippen MR) is 102 cm³/mol. The van der Waals surface area contributed by atoms with Crippen LogP contribution in [-0.2, 0) is 9.98 Å². The second kappa shape index (κ2) is 6.37. The molecule has 1 heterocycles. The molecule has 0 amide bonds. The minimum absolute atomic E-state index is 0.0228. The van der Waals surface area contributed by atoms with Crippen molar-refractivity contribution in [1.82, 2.24) is 4.98 Å². The second-order valence-corrected chi connectivity index (χ2v) is 9.64. The van der Waals surface area contributed by atoms with Gasteiger partial charge in [-0.15, -0.1) is 0 Å². The Bertz CT molecular complexity index is 806. The molecule has 2 nitrogen and oxygen atoms in total. The van der Waals surface area contributed by atoms with Crippen molar-refractivity contribution in [2.24, 2.45) is 0 Å². The summed E-state index contributed by atoms with van der Waals surface area (Å²) in [5.74, 6) is 0. The molecular weight excluding hydrogens is 313 g/mol. The monoisotopic (exact) mass is 335 g/mol. The zero-order valence-electron chi connectivity index (χ0n) is 14.3. The van der Waals surface area contributed by atoms with E-state index in [1.54, 1.807) is 0 Å². The van der Waals surface area contributed by atoms with E-state index in [1.165, 1.54) is 0 Å². The summed E-state index contributed by atoms with van der Waals surface area (Å²) in [5.41, 5.74) is 1.79. The van der Waals surface area contributed by atoms with Crippen LogP contribution in [0.1, 0.15) is 26.3 Å². The molecule has 122 valence electrons. The van der Waals surface area contributed by atoms with Crippen molar-refractivity contribution in [3.63, 3.8) is 0 Å². The topological polar surface area (TPSA) is 30.0 Å². The van der Waals surface area contributed by atoms with Gasteiger partial charge in [0.1, 0.15) is 5.44 Å². The average Bonchev–Trinajstić information content (AvgIpc) is 2.62. The smallest absolute Gasteiger partial charge is 0.188 e. The zero-order valence-corrected chi connectivity index (χ0v) is 15.2. The Labute approximate surface area is 144 Å². The van der Waals surface area contributed by atoms with Gasteiger partial charge in [-0.1, -0.05) is 87.5 Å². The number of hydrogen-bond donors (Lipinski definition) is 0. The molecule has 3 rings (SSSR count). The summed E-state index contributed by atoms with van der Waals surface area (Å²) in [6.45, 7) is 6.45. The van der Waals surface area contributed by atoms with E-state index in [9.17, 15) is 4.57 Å². The Balaban J connectivity index is 2.18. The van der Waals surface area contributed by atoms with E-state index in [4.69, 9.17) is 0 Å². The van der Waals surface area contributed by atoms with Crippen molar-refractivity contribution >= 4 is 23.2 Å².